The molecule has 0 aliphatic heterocycles. The maximum absolute atomic E-state index is 12.3. The van der Waals surface area contributed by atoms with E-state index in [0.29, 0.717) is 18.5 Å². The number of aliphatic hydroxyl groups is 1. The lowest BCUT2D eigenvalue weighted by Crippen LogP contribution is -2.46. The molecule has 1 unspecified atom stereocenters. The molecule has 1 amide bonds. The van der Waals surface area contributed by atoms with Gasteiger partial charge in [0.25, 0.3) is 0 Å². The van der Waals surface area contributed by atoms with Crippen molar-refractivity contribution in [1.82, 2.24) is 4.72 Å². The van der Waals surface area contributed by atoms with E-state index in [1.807, 2.05) is 6.92 Å². The number of anilines is 1. The lowest BCUT2D eigenvalue weighted by atomic mass is 9.97. The first-order chi connectivity index (χ1) is 9.72. The Kier molecular flexibility index (Phi) is 5.88. The molecule has 1 aromatic rings. The van der Waals surface area contributed by atoms with Crippen molar-refractivity contribution in [3.8, 4) is 0 Å². The molecule has 118 valence electrons. The summed E-state index contributed by atoms with van der Waals surface area (Å²) in [5.41, 5.74) is -0.153. The summed E-state index contributed by atoms with van der Waals surface area (Å²) in [6.07, 6.45) is 0.906. The molecule has 3 N–H and O–H groups in total. The molecule has 0 saturated carbocycles. The van der Waals surface area contributed by atoms with Gasteiger partial charge in [0.05, 0.1) is 4.90 Å². The summed E-state index contributed by atoms with van der Waals surface area (Å²) < 4.78 is 27.3. The van der Waals surface area contributed by atoms with Gasteiger partial charge in [-0.1, -0.05) is 6.92 Å². The van der Waals surface area contributed by atoms with E-state index in [1.54, 1.807) is 6.92 Å². The molecule has 1 aromatic carbocycles. The second-order valence-corrected chi connectivity index (χ2v) is 6.88. The number of aliphatic hydroxyl groups excluding tert-OH is 1. The Labute approximate surface area is 125 Å². The zero-order chi connectivity index (χ0) is 16.1. The third-order valence-corrected chi connectivity index (χ3v) is 4.96. The molecule has 7 heteroatoms. The van der Waals surface area contributed by atoms with Crippen LogP contribution in [0.25, 0.3) is 0 Å². The van der Waals surface area contributed by atoms with Gasteiger partial charge in [-0.3, -0.25) is 4.79 Å². The molecule has 1 rings (SSSR count). The maximum Gasteiger partial charge on any atom is 0.241 e. The van der Waals surface area contributed by atoms with Crippen molar-refractivity contribution in [2.75, 3.05) is 11.9 Å². The van der Waals surface area contributed by atoms with E-state index < -0.39 is 15.6 Å². The SMILES string of the molecule is CCC(C)(CCO)NS(=O)(=O)c1ccc(NC(C)=O)cc1. The van der Waals surface area contributed by atoms with E-state index in [-0.39, 0.29) is 17.4 Å². The molecule has 0 radical (unpaired) electrons. The number of benzene rings is 1. The first-order valence-electron chi connectivity index (χ1n) is 6.75. The van der Waals surface area contributed by atoms with Crippen LogP contribution in [0.4, 0.5) is 5.69 Å². The minimum atomic E-state index is -3.67. The van der Waals surface area contributed by atoms with E-state index in [0.717, 1.165) is 0 Å². The number of nitrogens with one attached hydrogen (secondary N) is 2. The minimum Gasteiger partial charge on any atom is -0.396 e. The number of rotatable bonds is 7. The molecule has 6 nitrogen and oxygen atoms in total. The highest BCUT2D eigenvalue weighted by molar-refractivity contribution is 7.89. The Morgan fingerprint density at radius 1 is 1.29 bits per heavy atom. The summed E-state index contributed by atoms with van der Waals surface area (Å²) in [5, 5.41) is 11.6. The zero-order valence-electron chi connectivity index (χ0n) is 12.5. The number of sulfonamides is 1. The van der Waals surface area contributed by atoms with Crippen LogP contribution in [0.1, 0.15) is 33.6 Å². The molecule has 0 spiro atoms. The lowest BCUT2D eigenvalue weighted by molar-refractivity contribution is -0.114. The summed E-state index contributed by atoms with van der Waals surface area (Å²) in [4.78, 5) is 11.0. The Morgan fingerprint density at radius 2 is 1.86 bits per heavy atom. The minimum absolute atomic E-state index is 0.0890. The van der Waals surface area contributed by atoms with Crippen LogP contribution in [-0.4, -0.2) is 31.6 Å². The molecule has 0 saturated heterocycles. The van der Waals surface area contributed by atoms with Gasteiger partial charge in [-0.25, -0.2) is 13.1 Å². The average Bonchev–Trinajstić information content (AvgIpc) is 2.38. The number of hydrogen-bond donors (Lipinski definition) is 3. The van der Waals surface area contributed by atoms with Crippen LogP contribution in [0.2, 0.25) is 0 Å². The Balaban J connectivity index is 2.94. The van der Waals surface area contributed by atoms with Crippen LogP contribution < -0.4 is 10.0 Å². The van der Waals surface area contributed by atoms with Crippen molar-refractivity contribution in [3.63, 3.8) is 0 Å². The number of amides is 1. The maximum atomic E-state index is 12.3. The lowest BCUT2D eigenvalue weighted by Gasteiger charge is -2.28. The predicted molar refractivity (Wildman–Crippen MR) is 81.5 cm³/mol. The fourth-order valence-electron chi connectivity index (χ4n) is 1.85. The van der Waals surface area contributed by atoms with E-state index >= 15 is 0 Å². The predicted octanol–water partition coefficient (Wildman–Crippen LogP) is 1.47. The first-order valence-corrected chi connectivity index (χ1v) is 8.23. The normalized spacial score (nSPS) is 14.5. The van der Waals surface area contributed by atoms with E-state index in [1.165, 1.54) is 31.2 Å². The van der Waals surface area contributed by atoms with Crippen LogP contribution in [0.15, 0.2) is 29.2 Å². The summed E-state index contributed by atoms with van der Waals surface area (Å²) in [7, 11) is -3.67. The second kappa shape index (κ2) is 7.02. The van der Waals surface area contributed by atoms with Crippen molar-refractivity contribution in [1.29, 1.82) is 0 Å². The molecule has 0 aliphatic carbocycles. The third kappa shape index (κ3) is 5.11. The van der Waals surface area contributed by atoms with Crippen LogP contribution in [0.5, 0.6) is 0 Å². The Hall–Kier alpha value is -1.44. The number of hydrogen-bond acceptors (Lipinski definition) is 4. The fourth-order valence-corrected chi connectivity index (χ4v) is 3.36. The summed E-state index contributed by atoms with van der Waals surface area (Å²) in [5.74, 6) is -0.217. The van der Waals surface area contributed by atoms with Gasteiger partial charge < -0.3 is 10.4 Å². The first kappa shape index (κ1) is 17.6. The van der Waals surface area contributed by atoms with Gasteiger partial charge in [0.15, 0.2) is 0 Å². The Bertz CT molecular complexity index is 583. The molecule has 0 aliphatic rings. The van der Waals surface area contributed by atoms with Gasteiger partial charge in [-0.2, -0.15) is 0 Å². The van der Waals surface area contributed by atoms with Crippen molar-refractivity contribution in [2.45, 2.75) is 44.0 Å². The number of carbonyl (C=O) groups is 1. The van der Waals surface area contributed by atoms with Gasteiger partial charge in [0.2, 0.25) is 15.9 Å². The molecule has 0 fully saturated rings. The summed E-state index contributed by atoms with van der Waals surface area (Å²) >= 11 is 0. The topological polar surface area (TPSA) is 95.5 Å². The van der Waals surface area contributed by atoms with Gasteiger partial charge in [-0.05, 0) is 44.0 Å². The van der Waals surface area contributed by atoms with Gasteiger partial charge >= 0.3 is 0 Å². The molecule has 21 heavy (non-hydrogen) atoms. The quantitative estimate of drug-likeness (QED) is 0.710. The highest BCUT2D eigenvalue weighted by atomic mass is 32.2. The Morgan fingerprint density at radius 3 is 2.29 bits per heavy atom. The smallest absolute Gasteiger partial charge is 0.241 e. The van der Waals surface area contributed by atoms with Gasteiger partial charge in [0, 0.05) is 24.8 Å². The van der Waals surface area contributed by atoms with Crippen LogP contribution in [0, 0.1) is 0 Å². The standard InChI is InChI=1S/C14H22N2O4S/c1-4-14(3,9-10-17)16-21(19,20)13-7-5-12(6-8-13)15-11(2)18/h5-8,16-17H,4,9-10H2,1-3H3,(H,15,18). The summed E-state index contributed by atoms with van der Waals surface area (Å²) in [6.45, 7) is 4.91. The highest BCUT2D eigenvalue weighted by Gasteiger charge is 2.28. The molecule has 0 aromatic heterocycles. The van der Waals surface area contributed by atoms with Crippen molar-refractivity contribution in [2.24, 2.45) is 0 Å². The van der Waals surface area contributed by atoms with Crippen molar-refractivity contribution >= 4 is 21.6 Å². The van der Waals surface area contributed by atoms with Gasteiger partial charge in [0.1, 0.15) is 0 Å². The average molecular weight is 314 g/mol. The van der Waals surface area contributed by atoms with E-state index in [4.69, 9.17) is 5.11 Å². The second-order valence-electron chi connectivity index (χ2n) is 5.20. The molecular formula is C14H22N2O4S. The van der Waals surface area contributed by atoms with Gasteiger partial charge in [-0.15, -0.1) is 0 Å². The fraction of sp³-hybridized carbons (Fsp3) is 0.500. The van der Waals surface area contributed by atoms with Crippen molar-refractivity contribution in [3.05, 3.63) is 24.3 Å². The molecule has 0 bridgehead atoms. The zero-order valence-corrected chi connectivity index (χ0v) is 13.3. The van der Waals surface area contributed by atoms with E-state index in [9.17, 15) is 13.2 Å². The van der Waals surface area contributed by atoms with Crippen LogP contribution in [-0.2, 0) is 14.8 Å². The molecule has 1 atom stereocenters. The summed E-state index contributed by atoms with van der Waals surface area (Å²) in [6, 6.07) is 5.93. The monoisotopic (exact) mass is 314 g/mol. The number of carbonyl (C=O) groups excluding carboxylic acids is 1. The van der Waals surface area contributed by atoms with Crippen LogP contribution in [0.3, 0.4) is 0 Å². The largest absolute Gasteiger partial charge is 0.396 e. The van der Waals surface area contributed by atoms with E-state index in [2.05, 4.69) is 10.0 Å². The molecular weight excluding hydrogens is 292 g/mol. The molecule has 0 heterocycles. The van der Waals surface area contributed by atoms with Crippen LogP contribution >= 0.6 is 0 Å². The third-order valence-electron chi connectivity index (χ3n) is 3.31. The highest BCUT2D eigenvalue weighted by Crippen LogP contribution is 2.20. The van der Waals surface area contributed by atoms with Crippen molar-refractivity contribution < 1.29 is 18.3 Å².